The Morgan fingerprint density at radius 3 is 2.51 bits per heavy atom. The molecule has 4 aliphatic carbocycles. The first-order chi connectivity index (χ1) is 16.1. The first kappa shape index (κ1) is 24.7. The Bertz CT molecular complexity index is 1070. The zero-order valence-corrected chi connectivity index (χ0v) is 20.7. The van der Waals surface area contributed by atoms with Crippen molar-refractivity contribution in [2.45, 2.75) is 89.2 Å². The first-order valence-electron chi connectivity index (χ1n) is 12.2. The molecule has 5 aliphatic rings. The predicted molar refractivity (Wildman–Crippen MR) is 120 cm³/mol. The van der Waals surface area contributed by atoms with Crippen LogP contribution in [-0.4, -0.2) is 69.7 Å². The second kappa shape index (κ2) is 7.31. The molecule has 0 aromatic carbocycles. The first-order valence-corrected chi connectivity index (χ1v) is 12.2. The van der Waals surface area contributed by atoms with E-state index in [9.17, 15) is 24.6 Å². The highest BCUT2D eigenvalue weighted by Gasteiger charge is 2.80. The highest BCUT2D eigenvalue weighted by Crippen LogP contribution is 2.72. The molecule has 0 aromatic rings. The lowest BCUT2D eigenvalue weighted by molar-refractivity contribution is -0.250. The van der Waals surface area contributed by atoms with Crippen LogP contribution < -0.4 is 0 Å². The number of esters is 1. The van der Waals surface area contributed by atoms with Crippen molar-refractivity contribution in [1.82, 2.24) is 0 Å². The minimum atomic E-state index is -2.19. The molecule has 3 saturated carbocycles. The second-order valence-electron chi connectivity index (χ2n) is 11.7. The molecule has 35 heavy (non-hydrogen) atoms. The summed E-state index contributed by atoms with van der Waals surface area (Å²) in [6, 6.07) is 0. The highest BCUT2D eigenvalue weighted by molar-refractivity contribution is 6.01. The van der Waals surface area contributed by atoms with Gasteiger partial charge in [-0.15, -0.1) is 0 Å². The molecule has 0 spiro atoms. The fraction of sp³-hybridized carbons (Fsp3) is 0.731. The molecule has 8 nitrogen and oxygen atoms in total. The van der Waals surface area contributed by atoms with Crippen LogP contribution in [0.5, 0.6) is 0 Å². The molecule has 0 unspecified atom stereocenters. The Morgan fingerprint density at radius 2 is 1.86 bits per heavy atom. The van der Waals surface area contributed by atoms with Crippen molar-refractivity contribution < 1.29 is 43.2 Å². The number of Topliss-reactive ketones (excluding diaryl/α,β-unsaturated/α-hetero) is 1. The number of hydrogen-bond acceptors (Lipinski definition) is 8. The lowest BCUT2D eigenvalue weighted by Gasteiger charge is -2.63. The van der Waals surface area contributed by atoms with Gasteiger partial charge in [-0.1, -0.05) is 13.0 Å². The number of rotatable bonds is 3. The average Bonchev–Trinajstić information content (AvgIpc) is 3.16. The quantitative estimate of drug-likeness (QED) is 0.574. The predicted octanol–water partition coefficient (Wildman–Crippen LogP) is 1.96. The van der Waals surface area contributed by atoms with Gasteiger partial charge >= 0.3 is 5.97 Å². The van der Waals surface area contributed by atoms with Gasteiger partial charge in [0.25, 0.3) is 0 Å². The van der Waals surface area contributed by atoms with E-state index < -0.39 is 76.4 Å². The van der Waals surface area contributed by atoms with Crippen LogP contribution in [0.4, 0.5) is 4.39 Å². The number of aliphatic hydroxyl groups is 2. The molecular weight excluding hydrogens is 459 g/mol. The normalized spacial score (nSPS) is 49.4. The van der Waals surface area contributed by atoms with E-state index >= 15 is 4.39 Å². The molecule has 0 amide bonds. The van der Waals surface area contributed by atoms with E-state index in [1.807, 2.05) is 0 Å². The molecule has 1 aliphatic heterocycles. The van der Waals surface area contributed by atoms with Crippen molar-refractivity contribution in [3.05, 3.63) is 23.8 Å². The second-order valence-corrected chi connectivity index (χ2v) is 11.7. The lowest BCUT2D eigenvalue weighted by atomic mass is 9.44. The summed E-state index contributed by atoms with van der Waals surface area (Å²) in [5.41, 5.74) is -5.93. The SMILES string of the molecule is CC(=O)OCC(=O)[C@@]12OC(C)(C)O[C@@H]1C[C@H]1[C@@H]3C[C@@H](O)C4=CC(=O)C=C[C@]4(C)[C@@]3(F)[C@@H](O)C[C@@]12C. The van der Waals surface area contributed by atoms with Crippen molar-refractivity contribution in [3.63, 3.8) is 0 Å². The third-order valence-electron chi connectivity index (χ3n) is 9.48. The zero-order valence-electron chi connectivity index (χ0n) is 20.7. The van der Waals surface area contributed by atoms with Gasteiger partial charge in [-0.05, 0) is 63.7 Å². The number of halogens is 1. The number of allylic oxidation sites excluding steroid dienone is 3. The van der Waals surface area contributed by atoms with Crippen molar-refractivity contribution >= 4 is 17.5 Å². The molecule has 4 fully saturated rings. The van der Waals surface area contributed by atoms with Gasteiger partial charge in [0.2, 0.25) is 5.78 Å². The van der Waals surface area contributed by atoms with Crippen LogP contribution in [0.1, 0.15) is 53.9 Å². The van der Waals surface area contributed by atoms with Crippen LogP contribution in [0.15, 0.2) is 23.8 Å². The van der Waals surface area contributed by atoms with E-state index in [-0.39, 0.29) is 30.6 Å². The van der Waals surface area contributed by atoms with Crippen LogP contribution in [-0.2, 0) is 28.6 Å². The minimum Gasteiger partial charge on any atom is -0.458 e. The van der Waals surface area contributed by atoms with Gasteiger partial charge in [-0.25, -0.2) is 4.39 Å². The molecule has 1 heterocycles. The highest BCUT2D eigenvalue weighted by atomic mass is 19.1. The zero-order chi connectivity index (χ0) is 25.8. The molecule has 9 heteroatoms. The number of carbonyl (C=O) groups excluding carboxylic acids is 3. The van der Waals surface area contributed by atoms with Crippen LogP contribution >= 0.6 is 0 Å². The maximum absolute atomic E-state index is 17.3. The molecule has 9 atom stereocenters. The summed E-state index contributed by atoms with van der Waals surface area (Å²) in [6.45, 7) is 7.48. The number of alkyl halides is 1. The summed E-state index contributed by atoms with van der Waals surface area (Å²) in [5, 5.41) is 22.5. The van der Waals surface area contributed by atoms with Crippen molar-refractivity contribution in [3.8, 4) is 0 Å². The Kier molecular flexibility index (Phi) is 5.17. The van der Waals surface area contributed by atoms with E-state index in [0.717, 1.165) is 0 Å². The van der Waals surface area contributed by atoms with E-state index in [4.69, 9.17) is 14.2 Å². The number of fused-ring (bicyclic) bond motifs is 7. The standard InChI is InChI=1S/C26H33FO8/c1-13(28)33-12-20(32)26-21(34-22(2,3)35-26)10-15-16-9-18(30)17-8-14(29)6-7-23(17,4)25(16,27)19(31)11-24(15,26)5/h6-8,15-16,18-19,21,30-31H,9-12H2,1-5H3/t15-,16-,18+,19-,21+,23-,24-,25-,26+/m0/s1. The summed E-state index contributed by atoms with van der Waals surface area (Å²) in [6.07, 6.45) is 0.830. The van der Waals surface area contributed by atoms with Gasteiger partial charge in [-0.2, -0.15) is 0 Å². The van der Waals surface area contributed by atoms with Gasteiger partial charge in [0.1, 0.15) is 0 Å². The molecule has 0 aromatic heterocycles. The van der Waals surface area contributed by atoms with Gasteiger partial charge in [0.05, 0.1) is 18.3 Å². The summed E-state index contributed by atoms with van der Waals surface area (Å²) >= 11 is 0. The van der Waals surface area contributed by atoms with Crippen molar-refractivity contribution in [2.75, 3.05) is 6.61 Å². The number of ether oxygens (including phenoxy) is 3. The van der Waals surface area contributed by atoms with Gasteiger partial charge in [-0.3, -0.25) is 14.4 Å². The molecule has 1 saturated heterocycles. The van der Waals surface area contributed by atoms with E-state index in [2.05, 4.69) is 0 Å². The number of ketones is 2. The van der Waals surface area contributed by atoms with Crippen LogP contribution in [0.2, 0.25) is 0 Å². The Hall–Kier alpha value is -1.94. The van der Waals surface area contributed by atoms with Crippen LogP contribution in [0.25, 0.3) is 0 Å². The number of hydrogen-bond donors (Lipinski definition) is 2. The van der Waals surface area contributed by atoms with Gasteiger partial charge in [0.15, 0.2) is 29.4 Å². The Labute approximate surface area is 203 Å². The Balaban J connectivity index is 1.62. The third kappa shape index (κ3) is 2.95. The monoisotopic (exact) mass is 492 g/mol. The maximum Gasteiger partial charge on any atom is 0.303 e. The molecular formula is C26H33FO8. The van der Waals surface area contributed by atoms with Gasteiger partial charge in [0, 0.05) is 23.7 Å². The van der Waals surface area contributed by atoms with Crippen LogP contribution in [0, 0.1) is 22.7 Å². The fourth-order valence-corrected chi connectivity index (χ4v) is 8.12. The van der Waals surface area contributed by atoms with E-state index in [1.165, 1.54) is 25.2 Å². The summed E-state index contributed by atoms with van der Waals surface area (Å²) in [4.78, 5) is 37.2. The van der Waals surface area contributed by atoms with E-state index in [0.29, 0.717) is 0 Å². The summed E-state index contributed by atoms with van der Waals surface area (Å²) in [7, 11) is 0. The molecule has 0 radical (unpaired) electrons. The largest absolute Gasteiger partial charge is 0.458 e. The lowest BCUT2D eigenvalue weighted by Crippen LogP contribution is -2.71. The Morgan fingerprint density at radius 1 is 1.17 bits per heavy atom. The molecule has 5 rings (SSSR count). The average molecular weight is 493 g/mol. The number of aliphatic hydroxyl groups excluding tert-OH is 2. The third-order valence-corrected chi connectivity index (χ3v) is 9.48. The minimum absolute atomic E-state index is 0.0132. The fourth-order valence-electron chi connectivity index (χ4n) is 8.12. The van der Waals surface area contributed by atoms with Gasteiger partial charge < -0.3 is 24.4 Å². The van der Waals surface area contributed by atoms with E-state index in [1.54, 1.807) is 27.7 Å². The number of carbonyl (C=O) groups is 3. The molecule has 0 bridgehead atoms. The maximum atomic E-state index is 17.3. The summed E-state index contributed by atoms with van der Waals surface area (Å²) in [5.74, 6) is -3.87. The van der Waals surface area contributed by atoms with Crippen LogP contribution in [0.3, 0.4) is 0 Å². The molecule has 2 N–H and O–H groups in total. The van der Waals surface area contributed by atoms with Crippen molar-refractivity contribution in [2.24, 2.45) is 22.7 Å². The molecule has 192 valence electrons. The summed E-state index contributed by atoms with van der Waals surface area (Å²) < 4.78 is 34.9. The topological polar surface area (TPSA) is 119 Å². The smallest absolute Gasteiger partial charge is 0.303 e. The van der Waals surface area contributed by atoms with Crippen molar-refractivity contribution in [1.29, 1.82) is 0 Å².